The molecule has 0 amide bonds. The molecule has 2 radical (unpaired) electrons. The van der Waals surface area contributed by atoms with Gasteiger partial charge in [0.1, 0.15) is 5.75 Å². The van der Waals surface area contributed by atoms with E-state index < -0.39 is 0 Å². The third-order valence-corrected chi connectivity index (χ3v) is 2.09. The molecule has 1 aromatic carbocycles. The molecule has 1 heteroatoms. The van der Waals surface area contributed by atoms with Gasteiger partial charge in [-0.3, -0.25) is 0 Å². The summed E-state index contributed by atoms with van der Waals surface area (Å²) in [4.78, 5) is 0. The van der Waals surface area contributed by atoms with E-state index in [4.69, 9.17) is 11.7 Å². The average molecular weight is 176 g/mol. The van der Waals surface area contributed by atoms with Crippen LogP contribution in [0.5, 0.6) is 5.75 Å². The highest BCUT2D eigenvalue weighted by Gasteiger charge is 2.03. The second-order valence-electron chi connectivity index (χ2n) is 3.13. The highest BCUT2D eigenvalue weighted by atomic mass is 16.5. The van der Waals surface area contributed by atoms with Crippen LogP contribution in [0.4, 0.5) is 0 Å². The molecule has 0 saturated carbocycles. The van der Waals surface area contributed by atoms with E-state index in [2.05, 4.69) is 13.8 Å². The zero-order valence-corrected chi connectivity index (χ0v) is 8.29. The summed E-state index contributed by atoms with van der Waals surface area (Å²) in [6.07, 6.45) is 2.41. The van der Waals surface area contributed by atoms with Gasteiger partial charge in [0, 0.05) is 0 Å². The van der Waals surface area contributed by atoms with Gasteiger partial charge in [-0.25, -0.2) is 0 Å². The van der Waals surface area contributed by atoms with E-state index in [0.29, 0.717) is 6.10 Å². The monoisotopic (exact) mass is 176 g/mol. The van der Waals surface area contributed by atoms with Crippen molar-refractivity contribution in [2.45, 2.75) is 32.8 Å². The van der Waals surface area contributed by atoms with Gasteiger partial charge in [0.2, 0.25) is 0 Å². The van der Waals surface area contributed by atoms with E-state index >= 15 is 0 Å². The summed E-state index contributed by atoms with van der Waals surface area (Å²) in [6, 6.07) is 7.54. The fourth-order valence-electron chi connectivity index (χ4n) is 1.19. The normalized spacial score (nSPS) is 10.5. The van der Waals surface area contributed by atoms with E-state index in [1.165, 1.54) is 0 Å². The van der Waals surface area contributed by atoms with E-state index in [-0.39, 0.29) is 0 Å². The Hall–Kier alpha value is -0.980. The largest absolute Gasteiger partial charge is 0.490 e. The summed E-state index contributed by atoms with van der Waals surface area (Å²) in [5.74, 6) is 0.905. The average Bonchev–Trinajstić information content (AvgIpc) is 2.17. The zero-order valence-electron chi connectivity index (χ0n) is 8.29. The number of benzene rings is 1. The van der Waals surface area contributed by atoms with Gasteiger partial charge in [-0.2, -0.15) is 0 Å². The maximum atomic E-state index is 5.71. The van der Waals surface area contributed by atoms with Crippen molar-refractivity contribution >= 4 is 0 Å². The van der Waals surface area contributed by atoms with E-state index in [1.807, 2.05) is 24.3 Å². The lowest BCUT2D eigenvalue weighted by molar-refractivity contribution is 0.193. The van der Waals surface area contributed by atoms with Gasteiger partial charge in [-0.05, 0) is 37.5 Å². The minimum Gasteiger partial charge on any atom is -0.490 e. The second-order valence-corrected chi connectivity index (χ2v) is 3.13. The summed E-state index contributed by atoms with van der Waals surface area (Å²) < 4.78 is 5.71. The molecule has 0 aliphatic rings. The molecule has 0 saturated heterocycles. The Labute approximate surface area is 80.7 Å². The van der Waals surface area contributed by atoms with Gasteiger partial charge in [-0.1, -0.05) is 26.0 Å². The Morgan fingerprint density at radius 3 is 2.15 bits per heavy atom. The first-order chi connectivity index (χ1) is 6.26. The predicted molar refractivity (Wildman–Crippen MR) is 54.8 cm³/mol. The van der Waals surface area contributed by atoms with Crippen LogP contribution in [0.2, 0.25) is 0 Å². The van der Waals surface area contributed by atoms with Crippen LogP contribution in [0.3, 0.4) is 0 Å². The Morgan fingerprint density at radius 1 is 1.15 bits per heavy atom. The smallest absolute Gasteiger partial charge is 0.119 e. The highest BCUT2D eigenvalue weighted by Crippen LogP contribution is 2.15. The van der Waals surface area contributed by atoms with Crippen LogP contribution in [0.25, 0.3) is 0 Å². The number of rotatable bonds is 4. The van der Waals surface area contributed by atoms with Crippen LogP contribution in [0, 0.1) is 6.92 Å². The fraction of sp³-hybridized carbons (Fsp3) is 0.417. The van der Waals surface area contributed by atoms with Crippen molar-refractivity contribution in [2.75, 3.05) is 0 Å². The Balaban J connectivity index is 2.58. The van der Waals surface area contributed by atoms with Gasteiger partial charge in [0.25, 0.3) is 0 Å². The topological polar surface area (TPSA) is 9.23 Å². The van der Waals surface area contributed by atoms with Gasteiger partial charge in [0.15, 0.2) is 0 Å². The third-order valence-electron chi connectivity index (χ3n) is 2.09. The minimum atomic E-state index is 0.323. The van der Waals surface area contributed by atoms with Crippen molar-refractivity contribution < 1.29 is 4.74 Å². The molecular weight excluding hydrogens is 160 g/mol. The van der Waals surface area contributed by atoms with Gasteiger partial charge >= 0.3 is 0 Å². The molecular formula is C12H16O. The molecule has 0 unspecified atom stereocenters. The number of hydrogen-bond donors (Lipinski definition) is 0. The molecule has 0 spiro atoms. The lowest BCUT2D eigenvalue weighted by atomic mass is 10.2. The summed E-state index contributed by atoms with van der Waals surface area (Å²) in [7, 11) is 0. The molecule has 13 heavy (non-hydrogen) atoms. The molecule has 0 aliphatic heterocycles. The number of hydrogen-bond acceptors (Lipinski definition) is 1. The summed E-state index contributed by atoms with van der Waals surface area (Å²) in [5, 5.41) is 0. The molecule has 0 N–H and O–H groups in total. The molecule has 0 fully saturated rings. The van der Waals surface area contributed by atoms with Crippen molar-refractivity contribution in [3.63, 3.8) is 0 Å². The molecule has 0 aromatic heterocycles. The maximum Gasteiger partial charge on any atom is 0.119 e. The predicted octanol–water partition coefficient (Wildman–Crippen LogP) is 3.31. The molecule has 0 heterocycles. The van der Waals surface area contributed by atoms with Crippen molar-refractivity contribution in [2.24, 2.45) is 0 Å². The quantitative estimate of drug-likeness (QED) is 0.683. The Kier molecular flexibility index (Phi) is 3.81. The van der Waals surface area contributed by atoms with Gasteiger partial charge in [0.05, 0.1) is 6.10 Å². The lowest BCUT2D eigenvalue weighted by Gasteiger charge is -2.15. The van der Waals surface area contributed by atoms with Gasteiger partial charge < -0.3 is 4.74 Å². The SMILES string of the molecule is [CH]c1ccc(OC(CC)CC)cc1. The van der Waals surface area contributed by atoms with Crippen molar-refractivity contribution in [3.8, 4) is 5.75 Å². The first kappa shape index (κ1) is 10.1. The van der Waals surface area contributed by atoms with Crippen molar-refractivity contribution in [1.29, 1.82) is 0 Å². The van der Waals surface area contributed by atoms with Crippen molar-refractivity contribution in [1.82, 2.24) is 0 Å². The highest BCUT2D eigenvalue weighted by molar-refractivity contribution is 5.28. The summed E-state index contributed by atoms with van der Waals surface area (Å²) in [6.45, 7) is 9.83. The lowest BCUT2D eigenvalue weighted by Crippen LogP contribution is -2.13. The van der Waals surface area contributed by atoms with Crippen LogP contribution >= 0.6 is 0 Å². The van der Waals surface area contributed by atoms with E-state index in [1.54, 1.807) is 0 Å². The molecule has 1 aromatic rings. The van der Waals surface area contributed by atoms with E-state index in [9.17, 15) is 0 Å². The molecule has 1 nitrogen and oxygen atoms in total. The molecule has 70 valence electrons. The van der Waals surface area contributed by atoms with Crippen LogP contribution in [0.1, 0.15) is 32.3 Å². The zero-order chi connectivity index (χ0) is 9.68. The molecule has 0 bridgehead atoms. The number of ether oxygens (including phenoxy) is 1. The van der Waals surface area contributed by atoms with Gasteiger partial charge in [-0.15, -0.1) is 0 Å². The summed E-state index contributed by atoms with van der Waals surface area (Å²) in [5.41, 5.74) is 0.775. The van der Waals surface area contributed by atoms with Crippen LogP contribution in [-0.2, 0) is 0 Å². The molecule has 0 aliphatic carbocycles. The standard InChI is InChI=1S/C12H16O/c1-4-11(5-2)13-12-8-6-10(3)7-9-12/h3,6-9,11H,4-5H2,1-2H3. The third kappa shape index (κ3) is 3.10. The second kappa shape index (κ2) is 4.90. The molecule has 1 rings (SSSR count). The van der Waals surface area contributed by atoms with Crippen LogP contribution < -0.4 is 4.74 Å². The Morgan fingerprint density at radius 2 is 1.69 bits per heavy atom. The van der Waals surface area contributed by atoms with Crippen LogP contribution in [-0.4, -0.2) is 6.10 Å². The van der Waals surface area contributed by atoms with E-state index in [0.717, 1.165) is 24.2 Å². The maximum absolute atomic E-state index is 5.71. The first-order valence-corrected chi connectivity index (χ1v) is 4.78. The van der Waals surface area contributed by atoms with Crippen LogP contribution in [0.15, 0.2) is 24.3 Å². The minimum absolute atomic E-state index is 0.323. The van der Waals surface area contributed by atoms with Crippen molar-refractivity contribution in [3.05, 3.63) is 36.8 Å². The molecule has 0 atom stereocenters. The summed E-state index contributed by atoms with van der Waals surface area (Å²) >= 11 is 0. The first-order valence-electron chi connectivity index (χ1n) is 4.78. The Bertz CT molecular complexity index is 234. The fourth-order valence-corrected chi connectivity index (χ4v) is 1.19.